The molecule has 1 rings (SSSR count). The standard InChI is InChI=1S/C13H16BrNO3/c1-9-5-3-4-6-11(9)15-12(16)7-10(8-14)13(17)18-2/h3-6,10H,7-8H2,1-2H3,(H,15,16). The lowest BCUT2D eigenvalue weighted by Gasteiger charge is -2.12. The van der Waals surface area contributed by atoms with Crippen LogP contribution in [-0.4, -0.2) is 24.3 Å². The number of esters is 1. The molecule has 1 unspecified atom stereocenters. The summed E-state index contributed by atoms with van der Waals surface area (Å²) in [5.74, 6) is -1.04. The summed E-state index contributed by atoms with van der Waals surface area (Å²) in [6.45, 7) is 1.91. The predicted molar refractivity (Wildman–Crippen MR) is 73.7 cm³/mol. The summed E-state index contributed by atoms with van der Waals surface area (Å²) < 4.78 is 4.63. The Morgan fingerprint density at radius 3 is 2.61 bits per heavy atom. The zero-order valence-electron chi connectivity index (χ0n) is 10.4. The third-order valence-electron chi connectivity index (χ3n) is 2.57. The molecule has 0 spiro atoms. The highest BCUT2D eigenvalue weighted by molar-refractivity contribution is 9.09. The van der Waals surface area contributed by atoms with Crippen LogP contribution in [0.25, 0.3) is 0 Å². The van der Waals surface area contributed by atoms with Crippen LogP contribution in [0.3, 0.4) is 0 Å². The summed E-state index contributed by atoms with van der Waals surface area (Å²) in [5, 5.41) is 3.19. The zero-order valence-corrected chi connectivity index (χ0v) is 12.0. The van der Waals surface area contributed by atoms with E-state index in [4.69, 9.17) is 0 Å². The second-order valence-electron chi connectivity index (χ2n) is 3.94. The molecule has 1 amide bonds. The topological polar surface area (TPSA) is 55.4 Å². The number of rotatable bonds is 5. The van der Waals surface area contributed by atoms with Crippen molar-refractivity contribution in [1.82, 2.24) is 0 Å². The lowest BCUT2D eigenvalue weighted by Crippen LogP contribution is -2.24. The van der Waals surface area contributed by atoms with E-state index in [0.717, 1.165) is 11.3 Å². The van der Waals surface area contributed by atoms with Gasteiger partial charge in [0, 0.05) is 17.4 Å². The van der Waals surface area contributed by atoms with Gasteiger partial charge in [-0.3, -0.25) is 9.59 Å². The molecule has 5 heteroatoms. The van der Waals surface area contributed by atoms with Gasteiger partial charge in [0.1, 0.15) is 0 Å². The molecule has 0 radical (unpaired) electrons. The number of para-hydroxylation sites is 1. The number of aryl methyl sites for hydroxylation is 1. The number of methoxy groups -OCH3 is 1. The van der Waals surface area contributed by atoms with Crippen molar-refractivity contribution in [2.24, 2.45) is 5.92 Å². The largest absolute Gasteiger partial charge is 0.469 e. The van der Waals surface area contributed by atoms with E-state index in [0.29, 0.717) is 5.33 Å². The van der Waals surface area contributed by atoms with Gasteiger partial charge < -0.3 is 10.1 Å². The number of benzene rings is 1. The number of anilines is 1. The Morgan fingerprint density at radius 1 is 1.39 bits per heavy atom. The van der Waals surface area contributed by atoms with E-state index in [1.165, 1.54) is 7.11 Å². The summed E-state index contributed by atoms with van der Waals surface area (Å²) in [5.41, 5.74) is 1.75. The number of alkyl halides is 1. The monoisotopic (exact) mass is 313 g/mol. The molecule has 1 aromatic rings. The SMILES string of the molecule is COC(=O)C(CBr)CC(=O)Nc1ccccc1C. The Morgan fingerprint density at radius 2 is 2.06 bits per heavy atom. The Bertz CT molecular complexity index is 434. The van der Waals surface area contributed by atoms with Gasteiger partial charge in [-0.25, -0.2) is 0 Å². The molecule has 0 aliphatic heterocycles. The van der Waals surface area contributed by atoms with Crippen LogP contribution in [0.5, 0.6) is 0 Å². The van der Waals surface area contributed by atoms with Crippen LogP contribution in [-0.2, 0) is 14.3 Å². The Labute approximate surface area is 115 Å². The third-order valence-corrected chi connectivity index (χ3v) is 3.35. The minimum Gasteiger partial charge on any atom is -0.469 e. The molecule has 18 heavy (non-hydrogen) atoms. The molecule has 0 bridgehead atoms. The maximum Gasteiger partial charge on any atom is 0.310 e. The van der Waals surface area contributed by atoms with Crippen LogP contribution in [0.15, 0.2) is 24.3 Å². The first-order valence-corrected chi connectivity index (χ1v) is 6.70. The minimum absolute atomic E-state index is 0.103. The number of amides is 1. The van der Waals surface area contributed by atoms with Crippen molar-refractivity contribution in [3.05, 3.63) is 29.8 Å². The number of hydrogen-bond donors (Lipinski definition) is 1. The number of hydrogen-bond acceptors (Lipinski definition) is 3. The highest BCUT2D eigenvalue weighted by Crippen LogP contribution is 2.15. The van der Waals surface area contributed by atoms with Crippen molar-refractivity contribution < 1.29 is 14.3 Å². The Hall–Kier alpha value is -1.36. The fraction of sp³-hybridized carbons (Fsp3) is 0.385. The normalized spacial score (nSPS) is 11.7. The molecule has 98 valence electrons. The lowest BCUT2D eigenvalue weighted by atomic mass is 10.1. The molecular formula is C13H16BrNO3. The number of ether oxygens (including phenoxy) is 1. The zero-order chi connectivity index (χ0) is 13.5. The van der Waals surface area contributed by atoms with Gasteiger partial charge in [-0.05, 0) is 18.6 Å². The number of halogens is 1. The maximum absolute atomic E-state index is 11.8. The summed E-state index contributed by atoms with van der Waals surface area (Å²) in [6.07, 6.45) is 0.103. The second-order valence-corrected chi connectivity index (χ2v) is 4.59. The van der Waals surface area contributed by atoms with Crippen molar-refractivity contribution in [2.75, 3.05) is 17.8 Å². The third kappa shape index (κ3) is 4.14. The van der Waals surface area contributed by atoms with Crippen LogP contribution < -0.4 is 5.32 Å². The van der Waals surface area contributed by atoms with Crippen molar-refractivity contribution >= 4 is 33.5 Å². The molecule has 0 aliphatic carbocycles. The molecule has 0 heterocycles. The highest BCUT2D eigenvalue weighted by Gasteiger charge is 2.21. The first-order valence-electron chi connectivity index (χ1n) is 5.57. The predicted octanol–water partition coefficient (Wildman–Crippen LogP) is 2.51. The van der Waals surface area contributed by atoms with Gasteiger partial charge in [-0.2, -0.15) is 0 Å². The molecule has 0 saturated carbocycles. The van der Waals surface area contributed by atoms with Crippen molar-refractivity contribution in [2.45, 2.75) is 13.3 Å². The molecule has 4 nitrogen and oxygen atoms in total. The average molecular weight is 314 g/mol. The molecular weight excluding hydrogens is 298 g/mol. The summed E-state index contributed by atoms with van der Waals surface area (Å²) in [4.78, 5) is 23.2. The molecule has 1 aromatic carbocycles. The molecule has 1 N–H and O–H groups in total. The fourth-order valence-corrected chi connectivity index (χ4v) is 2.00. The molecule has 0 fully saturated rings. The molecule has 1 atom stereocenters. The van der Waals surface area contributed by atoms with E-state index < -0.39 is 5.92 Å². The van der Waals surface area contributed by atoms with Gasteiger partial charge in [-0.15, -0.1) is 0 Å². The van der Waals surface area contributed by atoms with Gasteiger partial charge in [0.2, 0.25) is 5.91 Å². The number of carbonyl (C=O) groups is 2. The van der Waals surface area contributed by atoms with Crippen molar-refractivity contribution in [3.8, 4) is 0 Å². The first-order chi connectivity index (χ1) is 8.58. The Balaban J connectivity index is 2.61. The smallest absolute Gasteiger partial charge is 0.310 e. The van der Waals surface area contributed by atoms with E-state index in [9.17, 15) is 9.59 Å². The van der Waals surface area contributed by atoms with Crippen LogP contribution in [0, 0.1) is 12.8 Å². The van der Waals surface area contributed by atoms with Crippen LogP contribution in [0.1, 0.15) is 12.0 Å². The van der Waals surface area contributed by atoms with E-state index in [1.807, 2.05) is 31.2 Å². The molecule has 0 aromatic heterocycles. The average Bonchev–Trinajstić information content (AvgIpc) is 2.37. The van der Waals surface area contributed by atoms with Crippen molar-refractivity contribution in [3.63, 3.8) is 0 Å². The van der Waals surface area contributed by atoms with Crippen LogP contribution in [0.4, 0.5) is 5.69 Å². The second kappa shape index (κ2) is 7.16. The summed E-state index contributed by atoms with van der Waals surface area (Å²) in [6, 6.07) is 7.50. The lowest BCUT2D eigenvalue weighted by molar-refractivity contribution is -0.146. The number of nitrogens with one attached hydrogen (secondary N) is 1. The number of carbonyl (C=O) groups excluding carboxylic acids is 2. The quantitative estimate of drug-likeness (QED) is 0.671. The van der Waals surface area contributed by atoms with E-state index in [-0.39, 0.29) is 18.3 Å². The van der Waals surface area contributed by atoms with Gasteiger partial charge in [0.15, 0.2) is 0 Å². The van der Waals surface area contributed by atoms with Crippen molar-refractivity contribution in [1.29, 1.82) is 0 Å². The Kier molecular flexibility index (Phi) is 5.85. The van der Waals surface area contributed by atoms with E-state index in [1.54, 1.807) is 0 Å². The summed E-state index contributed by atoms with van der Waals surface area (Å²) >= 11 is 3.20. The van der Waals surface area contributed by atoms with Gasteiger partial charge in [-0.1, -0.05) is 34.1 Å². The minimum atomic E-state index is -0.459. The summed E-state index contributed by atoms with van der Waals surface area (Å²) in [7, 11) is 1.32. The van der Waals surface area contributed by atoms with Gasteiger partial charge >= 0.3 is 5.97 Å². The highest BCUT2D eigenvalue weighted by atomic mass is 79.9. The van der Waals surface area contributed by atoms with Gasteiger partial charge in [0.05, 0.1) is 13.0 Å². The molecule has 0 aliphatic rings. The van der Waals surface area contributed by atoms with E-state index >= 15 is 0 Å². The van der Waals surface area contributed by atoms with Gasteiger partial charge in [0.25, 0.3) is 0 Å². The maximum atomic E-state index is 11.8. The first kappa shape index (κ1) is 14.7. The fourth-order valence-electron chi connectivity index (χ4n) is 1.51. The molecule has 0 saturated heterocycles. The van der Waals surface area contributed by atoms with E-state index in [2.05, 4.69) is 26.0 Å². The van der Waals surface area contributed by atoms with Crippen LogP contribution in [0.2, 0.25) is 0 Å². The van der Waals surface area contributed by atoms with Crippen LogP contribution >= 0.6 is 15.9 Å².